The zero-order chi connectivity index (χ0) is 36.9. The summed E-state index contributed by atoms with van der Waals surface area (Å²) in [6.45, 7) is 4.25. The van der Waals surface area contributed by atoms with E-state index in [4.69, 9.17) is 14.1 Å². The van der Waals surface area contributed by atoms with E-state index in [-0.39, 0.29) is 58.9 Å². The van der Waals surface area contributed by atoms with E-state index >= 15 is 0 Å². The third-order valence-electron chi connectivity index (χ3n) is 10.9. The molecular weight excluding hydrogens is 732 g/mol. The van der Waals surface area contributed by atoms with E-state index in [1.165, 1.54) is 24.6 Å². The van der Waals surface area contributed by atoms with Gasteiger partial charge in [-0.25, -0.2) is 32.9 Å². The topological polar surface area (TPSA) is 186 Å². The number of benzene rings is 2. The lowest BCUT2D eigenvalue weighted by Gasteiger charge is -2.60. The van der Waals surface area contributed by atoms with Gasteiger partial charge in [-0.3, -0.25) is 4.79 Å². The molecule has 0 unspecified atom stereocenters. The average Bonchev–Trinajstić information content (AvgIpc) is 3.46. The van der Waals surface area contributed by atoms with Gasteiger partial charge in [0.25, 0.3) is 10.0 Å². The number of fused-ring (bicyclic) bond motifs is 1. The maximum atomic E-state index is 13.5. The van der Waals surface area contributed by atoms with Crippen LogP contribution in [0.4, 0.5) is 5.95 Å². The first-order valence-corrected chi connectivity index (χ1v) is 19.4. The average molecular weight is 773 g/mol. The van der Waals surface area contributed by atoms with E-state index in [0.717, 1.165) is 60.6 Å². The number of nitrogens with one attached hydrogen (secondary N) is 2. The number of carbonyl (C=O) groups is 2. The van der Waals surface area contributed by atoms with Gasteiger partial charge in [-0.1, -0.05) is 30.7 Å². The van der Waals surface area contributed by atoms with E-state index in [0.29, 0.717) is 41.0 Å². The first-order chi connectivity index (χ1) is 25.4. The first-order valence-electron chi connectivity index (χ1n) is 17.9. The van der Waals surface area contributed by atoms with Gasteiger partial charge in [0, 0.05) is 48.0 Å². The van der Waals surface area contributed by atoms with E-state index in [1.54, 1.807) is 12.3 Å². The second kappa shape index (κ2) is 14.7. The molecule has 3 heterocycles. The number of carbonyl (C=O) groups excluding carboxylic acids is 1. The van der Waals surface area contributed by atoms with Crippen molar-refractivity contribution in [1.82, 2.24) is 25.3 Å². The highest BCUT2D eigenvalue weighted by Crippen LogP contribution is 2.65. The van der Waals surface area contributed by atoms with Gasteiger partial charge in [-0.05, 0) is 81.2 Å². The summed E-state index contributed by atoms with van der Waals surface area (Å²) in [7, 11) is -4.29. The summed E-state index contributed by atoms with van der Waals surface area (Å²) in [6.07, 6.45) is 8.16. The Hall–Kier alpha value is -4.92. The summed E-state index contributed by atoms with van der Waals surface area (Å²) >= 11 is 0. The molecule has 0 amide bonds. The second-order valence-electron chi connectivity index (χ2n) is 14.7. The number of carboxylic acid groups (broad SMARTS) is 1. The number of sulfonamides is 1. The molecule has 15 heteroatoms. The molecule has 54 heavy (non-hydrogen) atoms. The van der Waals surface area contributed by atoms with Crippen LogP contribution in [0, 0.1) is 25.2 Å². The van der Waals surface area contributed by atoms with Gasteiger partial charge < -0.3 is 19.6 Å². The molecule has 3 aromatic heterocycles. The predicted molar refractivity (Wildman–Crippen MR) is 202 cm³/mol. The van der Waals surface area contributed by atoms with Crippen molar-refractivity contribution in [2.24, 2.45) is 11.3 Å². The van der Waals surface area contributed by atoms with Crippen LogP contribution in [0.2, 0.25) is 0 Å². The molecule has 0 radical (unpaired) electrons. The highest BCUT2D eigenvalue weighted by atomic mass is 35.5. The molecule has 1 atom stereocenters. The molecule has 5 aromatic rings. The van der Waals surface area contributed by atoms with E-state index in [9.17, 15) is 23.1 Å². The number of carboxylic acids is 1. The number of aromatic carboxylic acids is 1. The lowest BCUT2D eigenvalue weighted by atomic mass is 9.42. The molecule has 0 aliphatic heterocycles. The van der Waals surface area contributed by atoms with Crippen molar-refractivity contribution in [1.29, 1.82) is 0 Å². The number of hydrogen-bond acceptors (Lipinski definition) is 11. The summed E-state index contributed by atoms with van der Waals surface area (Å²) in [5.74, 6) is 0.803. The minimum atomic E-state index is -4.29. The fourth-order valence-electron chi connectivity index (χ4n) is 7.61. The van der Waals surface area contributed by atoms with Crippen molar-refractivity contribution in [3.8, 4) is 17.1 Å². The number of anilines is 1. The normalized spacial score (nSPS) is 19.5. The van der Waals surface area contributed by atoms with E-state index < -0.39 is 22.0 Å². The van der Waals surface area contributed by atoms with E-state index in [2.05, 4.69) is 25.0 Å². The highest BCUT2D eigenvalue weighted by molar-refractivity contribution is 7.92. The molecule has 3 N–H and O–H groups in total. The molecule has 2 bridgehead atoms. The third kappa shape index (κ3) is 7.42. The summed E-state index contributed by atoms with van der Waals surface area (Å²) in [6, 6.07) is 14.0. The quantitative estimate of drug-likeness (QED) is 0.101. The lowest BCUT2D eigenvalue weighted by molar-refractivity contribution is -0.163. The molecule has 9 rings (SSSR count). The highest BCUT2D eigenvalue weighted by Gasteiger charge is 2.60. The fraction of sp³-hybridized carbons (Fsp3) is 0.385. The Kier molecular flexibility index (Phi) is 10.2. The summed E-state index contributed by atoms with van der Waals surface area (Å²) in [5.41, 5.74) is 4.55. The van der Waals surface area contributed by atoms with Crippen molar-refractivity contribution in [2.75, 3.05) is 11.3 Å². The third-order valence-corrected chi connectivity index (χ3v) is 12.3. The Bertz CT molecular complexity index is 2330. The maximum Gasteiger partial charge on any atom is 0.335 e. The largest absolute Gasteiger partial charge is 0.478 e. The molecular formula is C39H41ClN6O7S. The van der Waals surface area contributed by atoms with Crippen LogP contribution in [0.5, 0.6) is 5.88 Å². The Morgan fingerprint density at radius 2 is 1.76 bits per heavy atom. The number of hydrogen-bond donors (Lipinski definition) is 3. The van der Waals surface area contributed by atoms with Crippen LogP contribution in [0.3, 0.4) is 0 Å². The van der Waals surface area contributed by atoms with E-state index in [1.807, 2.05) is 38.1 Å². The number of halogens is 1. The molecule has 4 saturated carbocycles. The first kappa shape index (κ1) is 37.4. The van der Waals surface area contributed by atoms with Crippen LogP contribution < -0.4 is 14.8 Å². The van der Waals surface area contributed by atoms with Crippen molar-refractivity contribution < 1.29 is 32.3 Å². The lowest BCUT2D eigenvalue weighted by Crippen LogP contribution is -2.58. The Morgan fingerprint density at radius 3 is 2.43 bits per heavy atom. The van der Waals surface area contributed by atoms with Gasteiger partial charge in [-0.2, -0.15) is 4.98 Å². The number of ether oxygens (including phenoxy) is 1. The van der Waals surface area contributed by atoms with Gasteiger partial charge in [0.1, 0.15) is 23.7 Å². The summed E-state index contributed by atoms with van der Waals surface area (Å²) in [4.78, 5) is 43.1. The maximum absolute atomic E-state index is 13.5. The Labute approximate surface area is 318 Å². The van der Waals surface area contributed by atoms with Crippen LogP contribution in [0.15, 0.2) is 70.1 Å². The summed E-state index contributed by atoms with van der Waals surface area (Å²) < 4.78 is 41.5. The summed E-state index contributed by atoms with van der Waals surface area (Å²) in [5, 5.41) is 12.9. The van der Waals surface area contributed by atoms with Gasteiger partial charge in [-0.15, -0.1) is 12.4 Å². The molecule has 2 aromatic carbocycles. The molecule has 4 aliphatic carbocycles. The SMILES string of the molecule is Cc1cccc(C)c1-c1cc(OC[C@@H](CC(=O)C23CC(C2)C3)NCc2cnc3oc(C4CCC4)cc3n2)nc(NS(=O)(=O)c2cccc(C(=O)O)c2)n1.Cl. The van der Waals surface area contributed by atoms with Crippen molar-refractivity contribution in [3.05, 3.63) is 88.9 Å². The number of Topliss-reactive ketones (excluding diaryl/α,β-unsaturated/α-hetero) is 1. The fourth-order valence-corrected chi connectivity index (χ4v) is 8.60. The van der Waals surface area contributed by atoms with Crippen LogP contribution in [-0.4, -0.2) is 57.9 Å². The van der Waals surface area contributed by atoms with Gasteiger partial charge in [0.2, 0.25) is 17.5 Å². The molecule has 282 valence electrons. The zero-order valence-electron chi connectivity index (χ0n) is 29.9. The zero-order valence-corrected chi connectivity index (χ0v) is 31.5. The van der Waals surface area contributed by atoms with Crippen LogP contribution >= 0.6 is 12.4 Å². The Balaban J connectivity index is 0.00000450. The standard InChI is InChI=1S/C39H40N6O7S.ClH/c1-22-6-3-7-23(2)35(22)30-15-34(44-38(43-30)45-53(49,50)29-11-5-10-26(12-29)37(47)48)51-21-27(13-33(46)39-16-24(17-39)18-39)40-19-28-20-41-36-31(42-28)14-32(52-36)25-8-4-9-25;/h3,5-7,10-12,14-15,20,24-25,27,40H,4,8-9,13,16-19,21H2,1-2H3,(H,47,48)(H,43,44,45);1H/t24?,27-,39?;/m1./s1. The van der Waals surface area contributed by atoms with Gasteiger partial charge >= 0.3 is 5.97 Å². The monoisotopic (exact) mass is 772 g/mol. The van der Waals surface area contributed by atoms with Gasteiger partial charge in [0.15, 0.2) is 0 Å². The molecule has 13 nitrogen and oxygen atoms in total. The molecule has 0 spiro atoms. The van der Waals surface area contributed by atoms with Crippen molar-refractivity contribution in [3.63, 3.8) is 0 Å². The van der Waals surface area contributed by atoms with Crippen LogP contribution in [-0.2, 0) is 21.4 Å². The number of furan rings is 1. The predicted octanol–water partition coefficient (Wildman–Crippen LogP) is 6.78. The number of nitrogens with zero attached hydrogens (tertiary/aromatic N) is 4. The molecule has 0 saturated heterocycles. The number of aryl methyl sites for hydroxylation is 2. The van der Waals surface area contributed by atoms with Gasteiger partial charge in [0.05, 0.1) is 28.0 Å². The van der Waals surface area contributed by atoms with Crippen molar-refractivity contribution in [2.45, 2.75) is 82.2 Å². The molecule has 4 aliphatic rings. The minimum absolute atomic E-state index is 0. The van der Waals surface area contributed by atoms with Crippen LogP contribution in [0.25, 0.3) is 22.5 Å². The number of ketones is 1. The number of rotatable bonds is 15. The smallest absolute Gasteiger partial charge is 0.335 e. The molecule has 4 fully saturated rings. The minimum Gasteiger partial charge on any atom is -0.478 e. The van der Waals surface area contributed by atoms with Crippen LogP contribution in [0.1, 0.15) is 83.8 Å². The Morgan fingerprint density at radius 1 is 1.02 bits per heavy atom. The van der Waals surface area contributed by atoms with Crippen molar-refractivity contribution >= 4 is 51.4 Å². The number of aromatic nitrogens is 4. The second-order valence-corrected chi connectivity index (χ2v) is 16.4.